The van der Waals surface area contributed by atoms with E-state index in [2.05, 4.69) is 132 Å². The Morgan fingerprint density at radius 1 is 0.667 bits per heavy atom. The molecule has 0 bridgehead atoms. The number of anilines is 1. The van der Waals surface area contributed by atoms with Crippen molar-refractivity contribution in [3.8, 4) is 5.69 Å². The number of aryl methyl sites for hydroxylation is 1. The maximum Gasteiger partial charge on any atom is 0.0705 e. The van der Waals surface area contributed by atoms with Crippen LogP contribution < -0.4 is 5.73 Å². The fourth-order valence-corrected chi connectivity index (χ4v) is 9.18. The van der Waals surface area contributed by atoms with Gasteiger partial charge in [0.05, 0.1) is 11.2 Å². The first kappa shape index (κ1) is 40.7. The van der Waals surface area contributed by atoms with Gasteiger partial charge in [0.15, 0.2) is 0 Å². The summed E-state index contributed by atoms with van der Waals surface area (Å²) in [4.78, 5) is 3.63. The molecule has 0 amide bonds. The first-order valence-electron chi connectivity index (χ1n) is 21.9. The van der Waals surface area contributed by atoms with E-state index in [4.69, 9.17) is 11.1 Å². The van der Waals surface area contributed by atoms with Gasteiger partial charge in [-0.05, 0) is 103 Å². The monoisotopic (exact) mass is 816 g/mol. The van der Waals surface area contributed by atoms with Crippen LogP contribution in [-0.2, 0) is 12.8 Å². The van der Waals surface area contributed by atoms with Crippen molar-refractivity contribution < 1.29 is 0 Å². The third kappa shape index (κ3) is 8.24. The molecule has 4 N–H and O–H groups in total. The molecule has 8 aromatic carbocycles. The summed E-state index contributed by atoms with van der Waals surface area (Å²) < 4.78 is 2.50. The standard InChI is InChI=1S/C31H26N2.C21H16N2.C7H10/c1-20-10-14-23(15-11-20)33-30-9-5-3-7-26(30)27-18-21(13-17-31(27)33)22-12-16-25-24-6-2-4-8-28(24)32-29(25)19-22;22-20(17-10-9-14-5-1-2-7-16(14)13-17)19-12-11-15-6-3-4-8-18(15)21(19)23;1-3-5-7-6-4-2/h2-12,14-16,19,21,32H,13,17-18H2,1H3;1-13,22H,23H2;3-7H,1H2,2H3/b;;6-4-,7-5-. The van der Waals surface area contributed by atoms with Crippen LogP contribution in [0, 0.1) is 12.3 Å². The van der Waals surface area contributed by atoms with Crippen molar-refractivity contribution in [2.75, 3.05) is 5.73 Å². The maximum atomic E-state index is 8.58. The first-order chi connectivity index (χ1) is 30.9. The number of nitrogens with one attached hydrogen (secondary N) is 2. The molecule has 10 aromatic rings. The number of fused-ring (bicyclic) bond motifs is 8. The lowest BCUT2D eigenvalue weighted by atomic mass is 9.81. The van der Waals surface area contributed by atoms with Crippen molar-refractivity contribution in [3.05, 3.63) is 240 Å². The van der Waals surface area contributed by atoms with E-state index >= 15 is 0 Å². The molecule has 0 spiro atoms. The molecule has 4 heteroatoms. The van der Waals surface area contributed by atoms with Crippen molar-refractivity contribution in [1.82, 2.24) is 9.55 Å². The minimum atomic E-state index is 0.457. The summed E-state index contributed by atoms with van der Waals surface area (Å²) in [6.07, 6.45) is 12.9. The van der Waals surface area contributed by atoms with E-state index in [0.29, 0.717) is 17.3 Å². The first-order valence-corrected chi connectivity index (χ1v) is 21.9. The summed E-state index contributed by atoms with van der Waals surface area (Å²) in [7, 11) is 0. The second-order valence-corrected chi connectivity index (χ2v) is 16.4. The van der Waals surface area contributed by atoms with Crippen LogP contribution >= 0.6 is 0 Å². The van der Waals surface area contributed by atoms with Crippen LogP contribution in [0.1, 0.15) is 52.8 Å². The molecule has 1 atom stereocenters. The van der Waals surface area contributed by atoms with E-state index in [0.717, 1.165) is 40.1 Å². The maximum absolute atomic E-state index is 8.58. The summed E-state index contributed by atoms with van der Waals surface area (Å²) in [5.74, 6) is 0.547. The second kappa shape index (κ2) is 18.1. The molecule has 1 unspecified atom stereocenters. The molecule has 308 valence electrons. The number of hydrogen-bond donors (Lipinski definition) is 3. The highest BCUT2D eigenvalue weighted by Crippen LogP contribution is 2.41. The number of aromatic amines is 1. The molecule has 0 saturated heterocycles. The number of rotatable bonds is 6. The molecule has 11 rings (SSSR count). The third-order valence-corrected chi connectivity index (χ3v) is 12.4. The van der Waals surface area contributed by atoms with E-state index in [1.54, 1.807) is 6.08 Å². The van der Waals surface area contributed by atoms with Crippen LogP contribution in [0.25, 0.3) is 59.9 Å². The predicted molar refractivity (Wildman–Crippen MR) is 271 cm³/mol. The molecule has 1 aliphatic rings. The lowest BCUT2D eigenvalue weighted by molar-refractivity contribution is 0.575. The van der Waals surface area contributed by atoms with E-state index in [1.165, 1.54) is 72.6 Å². The highest BCUT2D eigenvalue weighted by atomic mass is 15.0. The van der Waals surface area contributed by atoms with Gasteiger partial charge in [0.1, 0.15) is 0 Å². The normalized spacial score (nSPS) is 13.6. The Kier molecular flexibility index (Phi) is 11.7. The Bertz CT molecular complexity index is 3340. The van der Waals surface area contributed by atoms with Gasteiger partial charge in [0.2, 0.25) is 0 Å². The number of nitrogens with two attached hydrogens (primary N) is 1. The van der Waals surface area contributed by atoms with Crippen molar-refractivity contribution in [3.63, 3.8) is 0 Å². The Balaban J connectivity index is 0.000000146. The molecule has 2 aromatic heterocycles. The average Bonchev–Trinajstić information content (AvgIpc) is 3.87. The van der Waals surface area contributed by atoms with Crippen LogP contribution in [-0.4, -0.2) is 15.3 Å². The zero-order valence-corrected chi connectivity index (χ0v) is 36.0. The van der Waals surface area contributed by atoms with Gasteiger partial charge >= 0.3 is 0 Å². The number of nitrogens with zero attached hydrogens (tertiary/aromatic N) is 1. The number of allylic oxidation sites excluding steroid dienone is 5. The van der Waals surface area contributed by atoms with Crippen LogP contribution in [0.5, 0.6) is 0 Å². The summed E-state index contributed by atoms with van der Waals surface area (Å²) in [6.45, 7) is 7.65. The minimum Gasteiger partial charge on any atom is -0.398 e. The van der Waals surface area contributed by atoms with Crippen LogP contribution in [0.3, 0.4) is 0 Å². The molecule has 0 radical (unpaired) electrons. The Morgan fingerprint density at radius 2 is 1.35 bits per heavy atom. The molecule has 1 aliphatic carbocycles. The summed E-state index contributed by atoms with van der Waals surface area (Å²) in [5.41, 5.74) is 20.0. The van der Waals surface area contributed by atoms with Crippen LogP contribution in [0.2, 0.25) is 0 Å². The number of hydrogen-bond acceptors (Lipinski definition) is 2. The molecular formula is C59H52N4. The summed E-state index contributed by atoms with van der Waals surface area (Å²) >= 11 is 0. The second-order valence-electron chi connectivity index (χ2n) is 16.4. The fraction of sp³-hybridized carbons (Fsp3) is 0.102. The van der Waals surface area contributed by atoms with Crippen LogP contribution in [0.15, 0.2) is 207 Å². The zero-order valence-electron chi connectivity index (χ0n) is 36.0. The van der Waals surface area contributed by atoms with Gasteiger partial charge in [-0.3, -0.25) is 5.41 Å². The van der Waals surface area contributed by atoms with Crippen LogP contribution in [0.4, 0.5) is 5.69 Å². The third-order valence-electron chi connectivity index (χ3n) is 12.4. The number of aromatic nitrogens is 2. The van der Waals surface area contributed by atoms with E-state index in [-0.39, 0.29) is 0 Å². The Hall–Kier alpha value is -7.69. The smallest absolute Gasteiger partial charge is 0.0705 e. The zero-order chi connectivity index (χ0) is 43.3. The van der Waals surface area contributed by atoms with Gasteiger partial charge in [-0.1, -0.05) is 176 Å². The van der Waals surface area contributed by atoms with Gasteiger partial charge in [0.25, 0.3) is 0 Å². The van der Waals surface area contributed by atoms with Gasteiger partial charge in [-0.15, -0.1) is 0 Å². The lowest BCUT2D eigenvalue weighted by Crippen LogP contribution is -2.14. The largest absolute Gasteiger partial charge is 0.398 e. The fourth-order valence-electron chi connectivity index (χ4n) is 9.18. The number of nitrogen functional groups attached to an aromatic ring is 1. The van der Waals surface area contributed by atoms with Gasteiger partial charge in [-0.2, -0.15) is 0 Å². The molecular weight excluding hydrogens is 765 g/mol. The summed E-state index contributed by atoms with van der Waals surface area (Å²) in [5, 5.41) is 17.0. The van der Waals surface area contributed by atoms with E-state index < -0.39 is 0 Å². The van der Waals surface area contributed by atoms with Crippen molar-refractivity contribution in [1.29, 1.82) is 5.41 Å². The highest BCUT2D eigenvalue weighted by molar-refractivity contribution is 6.18. The molecule has 0 fully saturated rings. The summed E-state index contributed by atoms with van der Waals surface area (Å²) in [6, 6.07) is 59.8. The van der Waals surface area contributed by atoms with Crippen molar-refractivity contribution in [2.24, 2.45) is 0 Å². The molecule has 4 nitrogen and oxygen atoms in total. The van der Waals surface area contributed by atoms with Crippen molar-refractivity contribution >= 4 is 65.7 Å². The number of benzene rings is 8. The Labute approximate surface area is 369 Å². The Morgan fingerprint density at radius 3 is 2.14 bits per heavy atom. The van der Waals surface area contributed by atoms with E-state index in [1.807, 2.05) is 91.9 Å². The predicted octanol–water partition coefficient (Wildman–Crippen LogP) is 15.1. The van der Waals surface area contributed by atoms with E-state index in [9.17, 15) is 0 Å². The van der Waals surface area contributed by atoms with Gasteiger partial charge in [0, 0.05) is 60.8 Å². The van der Waals surface area contributed by atoms with Gasteiger partial charge in [-0.25, -0.2) is 0 Å². The number of H-pyrrole nitrogens is 1. The number of para-hydroxylation sites is 2. The molecule has 0 aliphatic heterocycles. The quantitative estimate of drug-likeness (QED) is 0.0873. The average molecular weight is 817 g/mol. The lowest BCUT2D eigenvalue weighted by Gasteiger charge is -2.25. The SMILES string of the molecule is C=C/C=C\C=C/C.Cc1ccc(-n2c3c(c4ccccc42)CC(c2ccc4c(c2)[nH]c2ccccc24)CC3)cc1.N=C(c1ccc2ccccc2c1)c1ccc2ccccc2c1N. The van der Waals surface area contributed by atoms with Gasteiger partial charge < -0.3 is 15.3 Å². The minimum absolute atomic E-state index is 0.457. The highest BCUT2D eigenvalue weighted by Gasteiger charge is 2.27. The topological polar surface area (TPSA) is 70.6 Å². The van der Waals surface area contributed by atoms with Crippen molar-refractivity contribution in [2.45, 2.75) is 39.0 Å². The molecule has 2 heterocycles. The molecule has 63 heavy (non-hydrogen) atoms. The molecule has 0 saturated carbocycles.